The number of carbonyl (C=O) groups is 2. The summed E-state index contributed by atoms with van der Waals surface area (Å²) >= 11 is 0. The van der Waals surface area contributed by atoms with Gasteiger partial charge in [0.2, 0.25) is 5.91 Å². The topological polar surface area (TPSA) is 63.6 Å². The van der Waals surface area contributed by atoms with Crippen LogP contribution in [-0.2, 0) is 16.2 Å². The summed E-state index contributed by atoms with van der Waals surface area (Å²) in [5.74, 6) is -0.371. The molecule has 2 amide bonds. The van der Waals surface area contributed by atoms with Gasteiger partial charge < -0.3 is 9.88 Å². The van der Waals surface area contributed by atoms with Crippen molar-refractivity contribution in [1.29, 1.82) is 0 Å². The summed E-state index contributed by atoms with van der Waals surface area (Å²) in [5, 5.41) is 5.15. The molecule has 0 saturated heterocycles. The SMILES string of the molecule is CON1C(=O)c2cc3ccccc3n2C1CC(=O)NCc1ccccc1. The van der Waals surface area contributed by atoms with Crippen molar-refractivity contribution in [3.8, 4) is 0 Å². The van der Waals surface area contributed by atoms with Crippen LogP contribution in [0.25, 0.3) is 10.9 Å². The summed E-state index contributed by atoms with van der Waals surface area (Å²) in [4.78, 5) is 30.4. The Morgan fingerprint density at radius 2 is 1.85 bits per heavy atom. The van der Waals surface area contributed by atoms with Gasteiger partial charge in [-0.15, -0.1) is 0 Å². The smallest absolute Gasteiger partial charge is 0.296 e. The number of fused-ring (bicyclic) bond motifs is 3. The molecule has 1 atom stereocenters. The number of para-hydroxylation sites is 1. The molecule has 0 aliphatic carbocycles. The van der Waals surface area contributed by atoms with E-state index in [2.05, 4.69) is 5.32 Å². The van der Waals surface area contributed by atoms with Crippen LogP contribution >= 0.6 is 0 Å². The largest absolute Gasteiger partial charge is 0.352 e. The molecule has 26 heavy (non-hydrogen) atoms. The first-order valence-corrected chi connectivity index (χ1v) is 8.47. The van der Waals surface area contributed by atoms with Crippen LogP contribution in [0.5, 0.6) is 0 Å². The molecule has 2 heterocycles. The Kier molecular flexibility index (Phi) is 4.18. The minimum atomic E-state index is -0.502. The molecule has 4 rings (SSSR count). The van der Waals surface area contributed by atoms with Gasteiger partial charge in [-0.2, -0.15) is 5.06 Å². The molecule has 2 aromatic carbocycles. The maximum absolute atomic E-state index is 12.6. The zero-order chi connectivity index (χ0) is 18.1. The molecule has 6 nitrogen and oxygen atoms in total. The summed E-state index contributed by atoms with van der Waals surface area (Å²) < 4.78 is 1.88. The summed E-state index contributed by atoms with van der Waals surface area (Å²) in [6.07, 6.45) is -0.379. The van der Waals surface area contributed by atoms with Crippen molar-refractivity contribution in [2.45, 2.75) is 19.1 Å². The molecular weight excluding hydrogens is 330 g/mol. The summed E-state index contributed by atoms with van der Waals surface area (Å²) in [6, 6.07) is 19.3. The normalized spacial score (nSPS) is 16.1. The average molecular weight is 349 g/mol. The van der Waals surface area contributed by atoms with Gasteiger partial charge in [-0.25, -0.2) is 0 Å². The minimum Gasteiger partial charge on any atom is -0.352 e. The first kappa shape index (κ1) is 16.4. The summed E-state index contributed by atoms with van der Waals surface area (Å²) in [7, 11) is 1.45. The lowest BCUT2D eigenvalue weighted by atomic mass is 10.2. The fourth-order valence-corrected chi connectivity index (χ4v) is 3.43. The molecular formula is C20H19N3O3. The van der Waals surface area contributed by atoms with E-state index < -0.39 is 6.17 Å². The van der Waals surface area contributed by atoms with E-state index in [9.17, 15) is 9.59 Å². The molecule has 1 aliphatic rings. The van der Waals surface area contributed by atoms with Crippen molar-refractivity contribution in [1.82, 2.24) is 14.9 Å². The first-order chi connectivity index (χ1) is 12.7. The number of amides is 2. The second kappa shape index (κ2) is 6.65. The molecule has 3 aromatic rings. The summed E-state index contributed by atoms with van der Waals surface area (Å²) in [5.41, 5.74) is 2.48. The first-order valence-electron chi connectivity index (χ1n) is 8.47. The van der Waals surface area contributed by atoms with Crippen LogP contribution in [0.4, 0.5) is 0 Å². The second-order valence-electron chi connectivity index (χ2n) is 6.22. The Morgan fingerprint density at radius 1 is 1.12 bits per heavy atom. The number of rotatable bonds is 5. The molecule has 0 saturated carbocycles. The third kappa shape index (κ3) is 2.74. The van der Waals surface area contributed by atoms with Gasteiger partial charge in [0.25, 0.3) is 5.91 Å². The number of nitrogens with zero attached hydrogens (tertiary/aromatic N) is 2. The molecule has 1 aliphatic heterocycles. The molecule has 132 valence electrons. The van der Waals surface area contributed by atoms with Crippen molar-refractivity contribution in [3.05, 3.63) is 71.9 Å². The van der Waals surface area contributed by atoms with Crippen LogP contribution in [0.2, 0.25) is 0 Å². The van der Waals surface area contributed by atoms with Gasteiger partial charge in [0, 0.05) is 11.9 Å². The molecule has 0 fully saturated rings. The van der Waals surface area contributed by atoms with E-state index in [-0.39, 0.29) is 18.2 Å². The molecule has 6 heteroatoms. The number of hydrogen-bond donors (Lipinski definition) is 1. The Morgan fingerprint density at radius 3 is 2.62 bits per heavy atom. The van der Waals surface area contributed by atoms with Gasteiger partial charge in [-0.1, -0.05) is 48.5 Å². The van der Waals surface area contributed by atoms with Crippen LogP contribution in [0.15, 0.2) is 60.7 Å². The monoisotopic (exact) mass is 349 g/mol. The van der Waals surface area contributed by atoms with Crippen LogP contribution in [0.1, 0.15) is 28.6 Å². The molecule has 1 aromatic heterocycles. The van der Waals surface area contributed by atoms with E-state index in [1.165, 1.54) is 12.2 Å². The van der Waals surface area contributed by atoms with Crippen molar-refractivity contribution in [3.63, 3.8) is 0 Å². The van der Waals surface area contributed by atoms with Crippen molar-refractivity contribution >= 4 is 22.7 Å². The fraction of sp³-hybridized carbons (Fsp3) is 0.200. The highest BCUT2D eigenvalue weighted by Crippen LogP contribution is 2.35. The van der Waals surface area contributed by atoms with Crippen molar-refractivity contribution in [2.75, 3.05) is 7.11 Å². The average Bonchev–Trinajstić information content (AvgIpc) is 3.17. The minimum absolute atomic E-state index is 0.123. The van der Waals surface area contributed by atoms with E-state index in [1.54, 1.807) is 0 Å². The van der Waals surface area contributed by atoms with Gasteiger partial charge in [-0.05, 0) is 17.7 Å². The third-order valence-corrected chi connectivity index (χ3v) is 4.63. The van der Waals surface area contributed by atoms with E-state index >= 15 is 0 Å². The number of benzene rings is 2. The Bertz CT molecular complexity index is 965. The highest BCUT2D eigenvalue weighted by Gasteiger charge is 2.39. The maximum Gasteiger partial charge on any atom is 0.296 e. The van der Waals surface area contributed by atoms with Crippen LogP contribution in [0.3, 0.4) is 0 Å². The molecule has 1 unspecified atom stereocenters. The van der Waals surface area contributed by atoms with Gasteiger partial charge >= 0.3 is 0 Å². The van der Waals surface area contributed by atoms with Crippen LogP contribution < -0.4 is 5.32 Å². The van der Waals surface area contributed by atoms with Gasteiger partial charge in [0.15, 0.2) is 0 Å². The molecule has 0 radical (unpaired) electrons. The van der Waals surface area contributed by atoms with E-state index in [0.717, 1.165) is 16.5 Å². The van der Waals surface area contributed by atoms with Crippen molar-refractivity contribution < 1.29 is 14.4 Å². The van der Waals surface area contributed by atoms with E-state index in [4.69, 9.17) is 4.84 Å². The quantitative estimate of drug-likeness (QED) is 0.770. The van der Waals surface area contributed by atoms with Gasteiger partial charge in [-0.3, -0.25) is 14.4 Å². The van der Waals surface area contributed by atoms with E-state index in [0.29, 0.717) is 12.2 Å². The molecule has 0 spiro atoms. The van der Waals surface area contributed by atoms with E-state index in [1.807, 2.05) is 65.2 Å². The molecule has 1 N–H and O–H groups in total. The number of aromatic nitrogens is 1. The molecule has 0 bridgehead atoms. The Balaban J connectivity index is 1.57. The fourth-order valence-electron chi connectivity index (χ4n) is 3.43. The van der Waals surface area contributed by atoms with Crippen molar-refractivity contribution in [2.24, 2.45) is 0 Å². The predicted octanol–water partition coefficient (Wildman–Crippen LogP) is 2.86. The highest BCUT2D eigenvalue weighted by molar-refractivity contribution is 6.01. The standard InChI is InChI=1S/C20H19N3O3/c1-26-23-19(12-18(24)21-13-14-7-3-2-4-8-14)22-16-10-6-5-9-15(16)11-17(22)20(23)25/h2-11,19H,12-13H2,1H3,(H,21,24). The number of nitrogens with one attached hydrogen (secondary N) is 1. The number of carbonyl (C=O) groups excluding carboxylic acids is 2. The third-order valence-electron chi connectivity index (χ3n) is 4.63. The van der Waals surface area contributed by atoms with Crippen LogP contribution in [0, 0.1) is 0 Å². The second-order valence-corrected chi connectivity index (χ2v) is 6.22. The highest BCUT2D eigenvalue weighted by atomic mass is 16.7. The number of hydrogen-bond acceptors (Lipinski definition) is 3. The number of hydroxylamine groups is 2. The lowest BCUT2D eigenvalue weighted by Crippen LogP contribution is -2.33. The lowest BCUT2D eigenvalue weighted by Gasteiger charge is -2.23. The zero-order valence-electron chi connectivity index (χ0n) is 14.4. The van der Waals surface area contributed by atoms with Gasteiger partial charge in [0.1, 0.15) is 11.9 Å². The maximum atomic E-state index is 12.6. The van der Waals surface area contributed by atoms with Crippen LogP contribution in [-0.4, -0.2) is 28.6 Å². The Hall–Kier alpha value is -3.12. The van der Waals surface area contributed by atoms with Gasteiger partial charge in [0.05, 0.1) is 19.0 Å². The Labute approximate surface area is 150 Å². The zero-order valence-corrected chi connectivity index (χ0v) is 14.4. The lowest BCUT2D eigenvalue weighted by molar-refractivity contribution is -0.143. The summed E-state index contributed by atoms with van der Waals surface area (Å²) in [6.45, 7) is 0.451. The predicted molar refractivity (Wildman–Crippen MR) is 97.1 cm³/mol.